The van der Waals surface area contributed by atoms with Gasteiger partial charge in [0.05, 0.1) is 0 Å². The maximum Gasteiger partial charge on any atom is 0.189 e. The highest BCUT2D eigenvalue weighted by atomic mass is 79.9. The molecule has 2 heteroatoms. The van der Waals surface area contributed by atoms with Crippen molar-refractivity contribution in [3.63, 3.8) is 0 Å². The second-order valence-corrected chi connectivity index (χ2v) is 2.60. The van der Waals surface area contributed by atoms with E-state index in [4.69, 9.17) is 0 Å². The molecule has 1 nitrogen and oxygen atoms in total. The number of carbonyl (C=O) groups excluding carboxylic acids is 1. The van der Waals surface area contributed by atoms with Gasteiger partial charge in [0.25, 0.3) is 0 Å². The van der Waals surface area contributed by atoms with Crippen molar-refractivity contribution in [3.05, 3.63) is 36.0 Å². The van der Waals surface area contributed by atoms with Crippen LogP contribution < -0.4 is 0 Å². The van der Waals surface area contributed by atoms with Crippen LogP contribution >= 0.6 is 15.9 Å². The lowest BCUT2D eigenvalue weighted by Gasteiger charge is -2.04. The summed E-state index contributed by atoms with van der Waals surface area (Å²) in [6, 6.07) is 0. The smallest absolute Gasteiger partial charge is 0.189 e. The van der Waals surface area contributed by atoms with Crippen molar-refractivity contribution in [2.45, 2.75) is 0 Å². The van der Waals surface area contributed by atoms with Gasteiger partial charge in [-0.05, 0) is 0 Å². The van der Waals surface area contributed by atoms with Gasteiger partial charge in [-0.15, -0.1) is 0 Å². The van der Waals surface area contributed by atoms with E-state index >= 15 is 0 Å². The molecule has 0 fully saturated rings. The monoisotopic (exact) mass is 198 g/mol. The average molecular weight is 199 g/mol. The quantitative estimate of drug-likeness (QED) is 0.466. The molecule has 0 aromatic carbocycles. The Bertz CT molecular complexity index is 236. The average Bonchev–Trinajstić information content (AvgIpc) is 1.95. The summed E-state index contributed by atoms with van der Waals surface area (Å²) in [5, 5.41) is 0.606. The number of Topliss-reactive ketones (excluding diaryl/α,β-unsaturated/α-hetero) is 1. The first-order valence-electron chi connectivity index (χ1n) is 2.92. The molecule has 0 bridgehead atoms. The van der Waals surface area contributed by atoms with Crippen LogP contribution in [-0.4, -0.2) is 11.1 Å². The summed E-state index contributed by atoms with van der Waals surface area (Å²) >= 11 is 3.21. The molecular weight excluding hydrogens is 192 g/mol. The van der Waals surface area contributed by atoms with E-state index in [2.05, 4.69) is 22.5 Å². The van der Waals surface area contributed by atoms with E-state index in [1.165, 1.54) is 0 Å². The second-order valence-electron chi connectivity index (χ2n) is 2.04. The van der Waals surface area contributed by atoms with Crippen LogP contribution in [0.1, 0.15) is 0 Å². The molecule has 0 unspecified atom stereocenters. The Balaban J connectivity index is 2.92. The Morgan fingerprint density at radius 3 is 2.80 bits per heavy atom. The first-order chi connectivity index (χ1) is 4.75. The fourth-order valence-electron chi connectivity index (χ4n) is 0.743. The molecule has 0 radical (unpaired) electrons. The molecule has 1 aliphatic carbocycles. The Morgan fingerprint density at radius 1 is 1.60 bits per heavy atom. The molecule has 0 aliphatic heterocycles. The summed E-state index contributed by atoms with van der Waals surface area (Å²) in [7, 11) is 0. The van der Waals surface area contributed by atoms with Gasteiger partial charge < -0.3 is 0 Å². The first kappa shape index (κ1) is 7.48. The van der Waals surface area contributed by atoms with Crippen LogP contribution in [0.2, 0.25) is 0 Å². The molecule has 0 amide bonds. The number of hydrogen-bond donors (Lipinski definition) is 0. The Morgan fingerprint density at radius 2 is 2.30 bits per heavy atom. The van der Waals surface area contributed by atoms with Crippen LogP contribution in [0.4, 0.5) is 0 Å². The summed E-state index contributed by atoms with van der Waals surface area (Å²) < 4.78 is 0. The third-order valence-electron chi connectivity index (χ3n) is 1.32. The van der Waals surface area contributed by atoms with Crippen LogP contribution in [0, 0.1) is 0 Å². The topological polar surface area (TPSA) is 17.1 Å². The molecule has 0 aromatic heterocycles. The largest absolute Gasteiger partial charge is 0.289 e. The van der Waals surface area contributed by atoms with Crippen LogP contribution in [0.25, 0.3) is 0 Å². The minimum absolute atomic E-state index is 0.0411. The molecule has 0 spiro atoms. The van der Waals surface area contributed by atoms with Crippen LogP contribution in [0.5, 0.6) is 0 Å². The van der Waals surface area contributed by atoms with E-state index < -0.39 is 0 Å². The maximum absolute atomic E-state index is 11.1. The number of halogens is 1. The van der Waals surface area contributed by atoms with Gasteiger partial charge in [-0.2, -0.15) is 0 Å². The summed E-state index contributed by atoms with van der Waals surface area (Å²) in [5.74, 6) is 0.0411. The minimum Gasteiger partial charge on any atom is -0.289 e. The predicted molar refractivity (Wildman–Crippen MR) is 45.2 cm³/mol. The van der Waals surface area contributed by atoms with Crippen LogP contribution in [0.3, 0.4) is 0 Å². The van der Waals surface area contributed by atoms with E-state index in [0.29, 0.717) is 10.9 Å². The number of ketones is 1. The minimum atomic E-state index is 0.0411. The molecule has 52 valence electrons. The third-order valence-corrected chi connectivity index (χ3v) is 1.93. The van der Waals surface area contributed by atoms with E-state index in [-0.39, 0.29) is 5.78 Å². The van der Waals surface area contributed by atoms with Crippen molar-refractivity contribution in [2.75, 3.05) is 5.33 Å². The molecule has 0 N–H and O–H groups in total. The lowest BCUT2D eigenvalue weighted by Crippen LogP contribution is -2.07. The van der Waals surface area contributed by atoms with E-state index in [0.717, 1.165) is 5.57 Å². The summed E-state index contributed by atoms with van der Waals surface area (Å²) in [4.78, 5) is 11.1. The number of carbonyl (C=O) groups is 1. The van der Waals surface area contributed by atoms with E-state index in [1.54, 1.807) is 12.2 Å². The zero-order valence-corrected chi connectivity index (χ0v) is 7.02. The number of alkyl halides is 1. The molecule has 1 aliphatic rings. The van der Waals surface area contributed by atoms with E-state index in [9.17, 15) is 4.79 Å². The van der Waals surface area contributed by atoms with Crippen molar-refractivity contribution >= 4 is 21.7 Å². The van der Waals surface area contributed by atoms with Crippen molar-refractivity contribution in [2.24, 2.45) is 0 Å². The van der Waals surface area contributed by atoms with E-state index in [1.807, 2.05) is 6.08 Å². The third kappa shape index (κ3) is 1.27. The highest BCUT2D eigenvalue weighted by Gasteiger charge is 2.11. The van der Waals surface area contributed by atoms with Gasteiger partial charge in [-0.1, -0.05) is 40.7 Å². The normalized spacial score (nSPS) is 17.5. The summed E-state index contributed by atoms with van der Waals surface area (Å²) in [6.07, 6.45) is 5.35. The fraction of sp³-hybridized carbons (Fsp3) is 0.125. The summed E-state index contributed by atoms with van der Waals surface area (Å²) in [6.45, 7) is 3.60. The highest BCUT2D eigenvalue weighted by molar-refractivity contribution is 9.09. The molecule has 0 atom stereocenters. The molecule has 1 rings (SSSR count). The fourth-order valence-corrected chi connectivity index (χ4v) is 1.18. The standard InChI is InChI=1S/C8H7BrO/c1-6-3-2-4-7(5-9)8(6)10/h2-4H,1,5H2. The van der Waals surface area contributed by atoms with Crippen molar-refractivity contribution in [3.8, 4) is 0 Å². The molecule has 0 saturated heterocycles. The second kappa shape index (κ2) is 2.97. The van der Waals surface area contributed by atoms with Crippen LogP contribution in [-0.2, 0) is 4.79 Å². The van der Waals surface area contributed by atoms with Gasteiger partial charge in [0.2, 0.25) is 0 Å². The van der Waals surface area contributed by atoms with Crippen molar-refractivity contribution in [1.82, 2.24) is 0 Å². The number of rotatable bonds is 1. The van der Waals surface area contributed by atoms with Crippen LogP contribution in [0.15, 0.2) is 36.0 Å². The first-order valence-corrected chi connectivity index (χ1v) is 4.04. The lowest BCUT2D eigenvalue weighted by atomic mass is 10.0. The molecule has 10 heavy (non-hydrogen) atoms. The highest BCUT2D eigenvalue weighted by Crippen LogP contribution is 2.13. The number of allylic oxidation sites excluding steroid dienone is 5. The maximum atomic E-state index is 11.1. The Labute approximate surface area is 68.2 Å². The predicted octanol–water partition coefficient (Wildman–Crippen LogP) is 2.00. The molecule has 0 heterocycles. The van der Waals surface area contributed by atoms with Gasteiger partial charge >= 0.3 is 0 Å². The Hall–Kier alpha value is -0.630. The zero-order chi connectivity index (χ0) is 7.56. The van der Waals surface area contributed by atoms with Crippen molar-refractivity contribution < 1.29 is 4.79 Å². The molecular formula is C8H7BrO. The zero-order valence-electron chi connectivity index (χ0n) is 5.43. The summed E-state index contributed by atoms with van der Waals surface area (Å²) in [5.41, 5.74) is 1.34. The van der Waals surface area contributed by atoms with Gasteiger partial charge in [0, 0.05) is 16.5 Å². The van der Waals surface area contributed by atoms with Gasteiger partial charge in [0.1, 0.15) is 0 Å². The SMILES string of the molecule is C=C1C=CC=C(CBr)C1=O. The van der Waals surface area contributed by atoms with Gasteiger partial charge in [0.15, 0.2) is 5.78 Å². The Kier molecular flexibility index (Phi) is 2.22. The number of hydrogen-bond acceptors (Lipinski definition) is 1. The van der Waals surface area contributed by atoms with Gasteiger partial charge in [-0.3, -0.25) is 4.79 Å². The molecule has 0 saturated carbocycles. The lowest BCUT2D eigenvalue weighted by molar-refractivity contribution is -0.111. The van der Waals surface area contributed by atoms with Gasteiger partial charge in [-0.25, -0.2) is 0 Å². The van der Waals surface area contributed by atoms with Crippen molar-refractivity contribution in [1.29, 1.82) is 0 Å². The molecule has 0 aromatic rings.